The number of hydrogen-bond acceptors (Lipinski definition) is 8. The molecule has 186 valence electrons. The number of carbonyl (C=O) groups is 1. The molecule has 4 aromatic rings. The van der Waals surface area contributed by atoms with Crippen molar-refractivity contribution in [1.29, 1.82) is 0 Å². The summed E-state index contributed by atoms with van der Waals surface area (Å²) in [6.45, 7) is 7.55. The van der Waals surface area contributed by atoms with Crippen molar-refractivity contribution in [3.63, 3.8) is 0 Å². The number of nitrogens with one attached hydrogen (secondary N) is 3. The molecule has 11 heteroatoms. The first kappa shape index (κ1) is 23.6. The molecule has 0 radical (unpaired) electrons. The van der Waals surface area contributed by atoms with E-state index >= 15 is 0 Å². The van der Waals surface area contributed by atoms with Crippen molar-refractivity contribution >= 4 is 17.5 Å². The van der Waals surface area contributed by atoms with E-state index in [-0.39, 0.29) is 17.5 Å². The zero-order chi connectivity index (χ0) is 25.3. The maximum Gasteiger partial charge on any atom is 0.273 e. The zero-order valence-electron chi connectivity index (χ0n) is 20.9. The molecule has 5 rings (SSSR count). The number of nitrogens with zero attached hydrogens (tertiary/aromatic N) is 7. The van der Waals surface area contributed by atoms with Gasteiger partial charge in [0.2, 0.25) is 5.95 Å². The molecule has 1 amide bonds. The van der Waals surface area contributed by atoms with Gasteiger partial charge < -0.3 is 16.0 Å². The topological polar surface area (TPSA) is 127 Å². The fourth-order valence-corrected chi connectivity index (χ4v) is 4.16. The van der Waals surface area contributed by atoms with E-state index in [1.165, 1.54) is 0 Å². The Hall–Kier alpha value is -4.12. The van der Waals surface area contributed by atoms with Gasteiger partial charge in [-0.1, -0.05) is 17.3 Å². The molecule has 0 bridgehead atoms. The fraction of sp³-hybridized carbons (Fsp3) is 0.360. The molecule has 1 aromatic carbocycles. The molecule has 0 fully saturated rings. The molecule has 1 aliphatic rings. The Bertz CT molecular complexity index is 1380. The predicted molar refractivity (Wildman–Crippen MR) is 136 cm³/mol. The molecule has 3 aromatic heterocycles. The van der Waals surface area contributed by atoms with Crippen molar-refractivity contribution < 1.29 is 4.79 Å². The maximum absolute atomic E-state index is 13.0. The summed E-state index contributed by atoms with van der Waals surface area (Å²) in [6.07, 6.45) is 7.79. The van der Waals surface area contributed by atoms with Crippen LogP contribution in [0.25, 0.3) is 11.3 Å². The average Bonchev–Trinajstić information content (AvgIpc) is 3.46. The zero-order valence-corrected chi connectivity index (χ0v) is 20.9. The van der Waals surface area contributed by atoms with E-state index in [9.17, 15) is 4.79 Å². The van der Waals surface area contributed by atoms with E-state index in [0.717, 1.165) is 41.0 Å². The van der Waals surface area contributed by atoms with Crippen LogP contribution in [0.5, 0.6) is 0 Å². The van der Waals surface area contributed by atoms with Crippen LogP contribution in [0, 0.1) is 0 Å². The highest BCUT2D eigenvalue weighted by Gasteiger charge is 2.24. The highest BCUT2D eigenvalue weighted by atomic mass is 16.2. The minimum absolute atomic E-state index is 0.135. The van der Waals surface area contributed by atoms with Gasteiger partial charge in [-0.2, -0.15) is 5.10 Å². The lowest BCUT2D eigenvalue weighted by Gasteiger charge is -2.19. The van der Waals surface area contributed by atoms with Crippen molar-refractivity contribution in [2.24, 2.45) is 7.05 Å². The SMILES string of the molecule is Cn1cc(Nc2nccc(-c3ccc4c(c3)CNCC[C@H]4NC(=O)c3cn(C(C)(C)C)nn3)n2)cn1. The number of rotatable bonds is 5. The van der Waals surface area contributed by atoms with Gasteiger partial charge >= 0.3 is 0 Å². The quantitative estimate of drug-likeness (QED) is 0.393. The van der Waals surface area contributed by atoms with Crippen LogP contribution in [-0.2, 0) is 19.1 Å². The lowest BCUT2D eigenvalue weighted by molar-refractivity contribution is 0.0930. The molecule has 11 nitrogen and oxygen atoms in total. The summed E-state index contributed by atoms with van der Waals surface area (Å²) in [5, 5.41) is 22.2. The van der Waals surface area contributed by atoms with E-state index < -0.39 is 0 Å². The number of aryl methyl sites for hydroxylation is 1. The Balaban J connectivity index is 1.36. The number of anilines is 2. The summed E-state index contributed by atoms with van der Waals surface area (Å²) < 4.78 is 3.42. The van der Waals surface area contributed by atoms with Crippen LogP contribution in [0.4, 0.5) is 11.6 Å². The van der Waals surface area contributed by atoms with Crippen LogP contribution < -0.4 is 16.0 Å². The summed E-state index contributed by atoms with van der Waals surface area (Å²) in [5.41, 5.74) is 4.89. The smallest absolute Gasteiger partial charge is 0.273 e. The van der Waals surface area contributed by atoms with Gasteiger partial charge in [0.15, 0.2) is 5.69 Å². The van der Waals surface area contributed by atoms with Gasteiger partial charge in [-0.05, 0) is 57.0 Å². The Labute approximate surface area is 209 Å². The van der Waals surface area contributed by atoms with Gasteiger partial charge in [0.1, 0.15) is 0 Å². The normalized spacial score (nSPS) is 15.7. The standard InChI is InChI=1S/C25H30N10O/c1-25(2,3)35-15-22(32-33-35)23(36)30-21-7-9-26-12-17-11-16(5-6-19(17)21)20-8-10-27-24(31-20)29-18-13-28-34(4)14-18/h5-6,8,10-11,13-15,21,26H,7,9,12H2,1-4H3,(H,30,36)(H,27,29,31)/t21-/m1/s1. The van der Waals surface area contributed by atoms with E-state index in [4.69, 9.17) is 0 Å². The average molecular weight is 487 g/mol. The van der Waals surface area contributed by atoms with E-state index in [2.05, 4.69) is 53.5 Å². The molecule has 0 saturated carbocycles. The number of benzene rings is 1. The lowest BCUT2D eigenvalue weighted by Crippen LogP contribution is -2.30. The van der Waals surface area contributed by atoms with Crippen molar-refractivity contribution in [1.82, 2.24) is 45.4 Å². The van der Waals surface area contributed by atoms with Gasteiger partial charge in [0.05, 0.1) is 35.4 Å². The highest BCUT2D eigenvalue weighted by molar-refractivity contribution is 5.92. The van der Waals surface area contributed by atoms with Crippen LogP contribution in [0.1, 0.15) is 54.8 Å². The maximum atomic E-state index is 13.0. The minimum atomic E-state index is -0.241. The number of fused-ring (bicyclic) bond motifs is 1. The van der Waals surface area contributed by atoms with Gasteiger partial charge in [0.25, 0.3) is 5.91 Å². The second kappa shape index (κ2) is 9.50. The summed E-state index contributed by atoms with van der Waals surface area (Å²) >= 11 is 0. The fourth-order valence-electron chi connectivity index (χ4n) is 4.16. The Morgan fingerprint density at radius 3 is 2.81 bits per heavy atom. The first-order valence-corrected chi connectivity index (χ1v) is 11.9. The first-order chi connectivity index (χ1) is 17.3. The van der Waals surface area contributed by atoms with Crippen LogP contribution in [0.3, 0.4) is 0 Å². The molecule has 0 saturated heterocycles. The van der Waals surface area contributed by atoms with Gasteiger partial charge in [0, 0.05) is 31.5 Å². The first-order valence-electron chi connectivity index (χ1n) is 11.9. The molecule has 4 heterocycles. The second-order valence-corrected chi connectivity index (χ2v) is 9.92. The third-order valence-corrected chi connectivity index (χ3v) is 6.07. The third-order valence-electron chi connectivity index (χ3n) is 6.07. The lowest BCUT2D eigenvalue weighted by atomic mass is 9.96. The number of aromatic nitrogens is 7. The second-order valence-electron chi connectivity index (χ2n) is 9.92. The molecule has 0 aliphatic carbocycles. The molecule has 1 aliphatic heterocycles. The van der Waals surface area contributed by atoms with Gasteiger partial charge in [-0.3, -0.25) is 9.48 Å². The number of amides is 1. The highest BCUT2D eigenvalue weighted by Crippen LogP contribution is 2.29. The number of hydrogen-bond donors (Lipinski definition) is 3. The van der Waals surface area contributed by atoms with Crippen LogP contribution in [-0.4, -0.2) is 47.2 Å². The van der Waals surface area contributed by atoms with Crippen molar-refractivity contribution in [2.75, 3.05) is 11.9 Å². The summed E-state index contributed by atoms with van der Waals surface area (Å²) in [6, 6.07) is 7.99. The van der Waals surface area contributed by atoms with E-state index in [1.54, 1.807) is 28.0 Å². The Kier molecular flexibility index (Phi) is 6.23. The molecule has 1 atom stereocenters. The Morgan fingerprint density at radius 1 is 1.19 bits per heavy atom. The van der Waals surface area contributed by atoms with Crippen molar-refractivity contribution in [3.8, 4) is 11.3 Å². The molecule has 0 spiro atoms. The van der Waals surface area contributed by atoms with Crippen molar-refractivity contribution in [2.45, 2.75) is 45.3 Å². The molecule has 36 heavy (non-hydrogen) atoms. The molecular formula is C25H30N10O. The predicted octanol–water partition coefficient (Wildman–Crippen LogP) is 2.93. The third kappa shape index (κ3) is 5.10. The van der Waals surface area contributed by atoms with Crippen LogP contribution >= 0.6 is 0 Å². The largest absolute Gasteiger partial charge is 0.344 e. The van der Waals surface area contributed by atoms with Gasteiger partial charge in [-0.15, -0.1) is 5.10 Å². The Morgan fingerprint density at radius 2 is 2.06 bits per heavy atom. The number of carbonyl (C=O) groups excluding carboxylic acids is 1. The minimum Gasteiger partial charge on any atom is -0.344 e. The molecular weight excluding hydrogens is 456 g/mol. The van der Waals surface area contributed by atoms with E-state index in [0.29, 0.717) is 18.2 Å². The van der Waals surface area contributed by atoms with Crippen LogP contribution in [0.15, 0.2) is 49.1 Å². The summed E-state index contributed by atoms with van der Waals surface area (Å²) in [7, 11) is 1.86. The van der Waals surface area contributed by atoms with Crippen LogP contribution in [0.2, 0.25) is 0 Å². The summed E-state index contributed by atoms with van der Waals surface area (Å²) in [4.78, 5) is 22.0. The van der Waals surface area contributed by atoms with E-state index in [1.807, 2.05) is 46.1 Å². The van der Waals surface area contributed by atoms with Crippen molar-refractivity contribution in [3.05, 3.63) is 65.9 Å². The monoisotopic (exact) mass is 486 g/mol. The van der Waals surface area contributed by atoms with Gasteiger partial charge in [-0.25, -0.2) is 14.6 Å². The summed E-state index contributed by atoms with van der Waals surface area (Å²) in [5.74, 6) is 0.274. The molecule has 3 N–H and O–H groups in total. The molecule has 0 unspecified atom stereocenters.